The summed E-state index contributed by atoms with van der Waals surface area (Å²) in [7, 11) is 0. The van der Waals surface area contributed by atoms with Gasteiger partial charge in [-0.2, -0.15) is 0 Å². The molecule has 1 N–H and O–H groups in total. The second kappa shape index (κ2) is 7.36. The van der Waals surface area contributed by atoms with Crippen LogP contribution in [0.2, 0.25) is 0 Å². The minimum atomic E-state index is -0.221. The normalized spacial score (nSPS) is 17.4. The molecule has 0 radical (unpaired) electrons. The van der Waals surface area contributed by atoms with E-state index in [4.69, 9.17) is 0 Å². The summed E-state index contributed by atoms with van der Waals surface area (Å²) in [6, 6.07) is 12.8. The van der Waals surface area contributed by atoms with Crippen molar-refractivity contribution < 1.29 is 9.18 Å². The molecule has 1 amide bonds. The number of nitrogens with zero attached hydrogens (tertiary/aromatic N) is 1. The molecular formula is C19H21FN2OS. The number of amides is 1. The van der Waals surface area contributed by atoms with Crippen molar-refractivity contribution in [3.05, 3.63) is 59.4 Å². The maximum absolute atomic E-state index is 13.5. The molecule has 0 spiro atoms. The van der Waals surface area contributed by atoms with Gasteiger partial charge in [-0.3, -0.25) is 9.69 Å². The Morgan fingerprint density at radius 2 is 2.17 bits per heavy atom. The van der Waals surface area contributed by atoms with Crippen LogP contribution in [0.3, 0.4) is 0 Å². The minimum absolute atomic E-state index is 0.0349. The van der Waals surface area contributed by atoms with Crippen LogP contribution in [0.4, 0.5) is 10.1 Å². The Morgan fingerprint density at radius 1 is 1.33 bits per heavy atom. The Labute approximate surface area is 146 Å². The Balaban J connectivity index is 1.66. The summed E-state index contributed by atoms with van der Waals surface area (Å²) in [5.74, 6) is -0.263. The van der Waals surface area contributed by atoms with Crippen LogP contribution in [-0.4, -0.2) is 30.2 Å². The van der Waals surface area contributed by atoms with Gasteiger partial charge in [0.1, 0.15) is 5.82 Å². The molecule has 0 fully saturated rings. The average Bonchev–Trinajstić information content (AvgIpc) is 2.58. The van der Waals surface area contributed by atoms with Gasteiger partial charge in [0, 0.05) is 23.2 Å². The third kappa shape index (κ3) is 3.79. The fourth-order valence-corrected chi connectivity index (χ4v) is 3.60. The number of carbonyl (C=O) groups excluding carboxylic acids is 1. The van der Waals surface area contributed by atoms with Crippen LogP contribution in [0.15, 0.2) is 47.4 Å². The third-order valence-corrected chi connectivity index (χ3v) is 5.20. The van der Waals surface area contributed by atoms with Crippen molar-refractivity contribution >= 4 is 23.4 Å². The van der Waals surface area contributed by atoms with Crippen LogP contribution >= 0.6 is 11.8 Å². The topological polar surface area (TPSA) is 32.3 Å². The van der Waals surface area contributed by atoms with E-state index in [1.807, 2.05) is 43.5 Å². The molecule has 3 rings (SSSR count). The Bertz CT molecular complexity index is 750. The van der Waals surface area contributed by atoms with E-state index in [1.54, 1.807) is 17.8 Å². The summed E-state index contributed by atoms with van der Waals surface area (Å²) in [6.07, 6.45) is 2.85. The van der Waals surface area contributed by atoms with E-state index in [9.17, 15) is 9.18 Å². The van der Waals surface area contributed by atoms with Crippen LogP contribution in [0.1, 0.15) is 24.1 Å². The summed E-state index contributed by atoms with van der Waals surface area (Å²) in [5.41, 5.74) is 2.97. The Hall–Kier alpha value is -1.85. The lowest BCUT2D eigenvalue weighted by molar-refractivity contribution is -0.117. The highest BCUT2D eigenvalue weighted by Gasteiger charge is 2.25. The van der Waals surface area contributed by atoms with E-state index in [2.05, 4.69) is 10.2 Å². The largest absolute Gasteiger partial charge is 0.325 e. The number of carbonyl (C=O) groups is 1. The number of rotatable bonds is 4. The second-order valence-electron chi connectivity index (χ2n) is 6.02. The first-order valence-electron chi connectivity index (χ1n) is 8.03. The smallest absolute Gasteiger partial charge is 0.238 e. The lowest BCUT2D eigenvalue weighted by Gasteiger charge is -2.34. The molecule has 126 valence electrons. The van der Waals surface area contributed by atoms with Crippen molar-refractivity contribution in [3.63, 3.8) is 0 Å². The molecule has 3 nitrogen and oxygen atoms in total. The van der Waals surface area contributed by atoms with Gasteiger partial charge in [-0.25, -0.2) is 4.39 Å². The van der Waals surface area contributed by atoms with Crippen LogP contribution in [0.25, 0.3) is 0 Å². The molecule has 2 aromatic rings. The summed E-state index contributed by atoms with van der Waals surface area (Å²) < 4.78 is 13.5. The monoisotopic (exact) mass is 344 g/mol. The van der Waals surface area contributed by atoms with Crippen molar-refractivity contribution in [2.75, 3.05) is 24.7 Å². The number of thioether (sulfide) groups is 1. The van der Waals surface area contributed by atoms with Crippen molar-refractivity contribution in [2.24, 2.45) is 0 Å². The Morgan fingerprint density at radius 3 is 2.96 bits per heavy atom. The minimum Gasteiger partial charge on any atom is -0.325 e. The number of nitrogens with one attached hydrogen (secondary N) is 1. The predicted octanol–water partition coefficient (Wildman–Crippen LogP) is 4.11. The first-order chi connectivity index (χ1) is 11.6. The summed E-state index contributed by atoms with van der Waals surface area (Å²) in [5, 5.41) is 2.95. The van der Waals surface area contributed by atoms with Crippen molar-refractivity contribution in [3.8, 4) is 0 Å². The zero-order valence-corrected chi connectivity index (χ0v) is 14.7. The lowest BCUT2D eigenvalue weighted by atomic mass is 9.93. The van der Waals surface area contributed by atoms with Crippen LogP contribution in [0.5, 0.6) is 0 Å². The molecule has 0 bridgehead atoms. The van der Waals surface area contributed by atoms with Crippen molar-refractivity contribution in [2.45, 2.75) is 24.3 Å². The first kappa shape index (κ1) is 17.0. The third-order valence-electron chi connectivity index (χ3n) is 4.47. The molecule has 1 heterocycles. The highest BCUT2D eigenvalue weighted by Crippen LogP contribution is 2.29. The zero-order chi connectivity index (χ0) is 17.1. The van der Waals surface area contributed by atoms with Crippen molar-refractivity contribution in [1.29, 1.82) is 0 Å². The van der Waals surface area contributed by atoms with Gasteiger partial charge in [-0.1, -0.05) is 12.1 Å². The molecule has 24 heavy (non-hydrogen) atoms. The maximum Gasteiger partial charge on any atom is 0.238 e. The van der Waals surface area contributed by atoms with Gasteiger partial charge in [0.15, 0.2) is 0 Å². The molecule has 1 atom stereocenters. The standard InChI is InChI=1S/C19H21FN2OS/c1-13-18-10-15(20)7-6-14(18)8-9-22(13)12-19(23)21-16-4-3-5-17(11-16)24-2/h3-7,10-11,13H,8-9,12H2,1-2H3,(H,21,23). The second-order valence-corrected chi connectivity index (χ2v) is 6.90. The molecule has 0 saturated heterocycles. The van der Waals surface area contributed by atoms with Crippen LogP contribution < -0.4 is 5.32 Å². The first-order valence-corrected chi connectivity index (χ1v) is 9.25. The molecule has 0 aliphatic carbocycles. The number of fused-ring (bicyclic) bond motifs is 1. The molecule has 5 heteroatoms. The number of hydrogen-bond acceptors (Lipinski definition) is 3. The van der Waals surface area contributed by atoms with E-state index in [0.717, 1.165) is 29.1 Å². The SMILES string of the molecule is CSc1cccc(NC(=O)CN2CCc3ccc(F)cc3C2C)c1. The average molecular weight is 344 g/mol. The molecule has 2 aromatic carbocycles. The molecule has 1 aliphatic heterocycles. The van der Waals surface area contributed by atoms with Gasteiger partial charge in [0.25, 0.3) is 0 Å². The predicted molar refractivity (Wildman–Crippen MR) is 96.9 cm³/mol. The highest BCUT2D eigenvalue weighted by atomic mass is 32.2. The molecule has 0 saturated carbocycles. The summed E-state index contributed by atoms with van der Waals surface area (Å²) in [4.78, 5) is 15.6. The van der Waals surface area contributed by atoms with E-state index in [0.29, 0.717) is 6.54 Å². The van der Waals surface area contributed by atoms with Crippen LogP contribution in [0, 0.1) is 5.82 Å². The number of benzene rings is 2. The molecule has 0 aromatic heterocycles. The number of anilines is 1. The quantitative estimate of drug-likeness (QED) is 0.848. The van der Waals surface area contributed by atoms with Gasteiger partial charge in [-0.15, -0.1) is 11.8 Å². The molecular weight excluding hydrogens is 323 g/mol. The number of halogens is 1. The van der Waals surface area contributed by atoms with Gasteiger partial charge in [0.2, 0.25) is 5.91 Å². The van der Waals surface area contributed by atoms with Crippen LogP contribution in [-0.2, 0) is 11.2 Å². The maximum atomic E-state index is 13.5. The number of hydrogen-bond donors (Lipinski definition) is 1. The Kier molecular flexibility index (Phi) is 5.21. The van der Waals surface area contributed by atoms with Crippen molar-refractivity contribution in [1.82, 2.24) is 4.90 Å². The van der Waals surface area contributed by atoms with E-state index in [1.165, 1.54) is 11.6 Å². The van der Waals surface area contributed by atoms with Gasteiger partial charge < -0.3 is 5.32 Å². The highest BCUT2D eigenvalue weighted by molar-refractivity contribution is 7.98. The van der Waals surface area contributed by atoms with E-state index in [-0.39, 0.29) is 17.8 Å². The van der Waals surface area contributed by atoms with Gasteiger partial charge in [0.05, 0.1) is 6.54 Å². The molecule has 1 aliphatic rings. The fourth-order valence-electron chi connectivity index (χ4n) is 3.14. The van der Waals surface area contributed by atoms with E-state index < -0.39 is 0 Å². The summed E-state index contributed by atoms with van der Waals surface area (Å²) >= 11 is 1.64. The van der Waals surface area contributed by atoms with E-state index >= 15 is 0 Å². The van der Waals surface area contributed by atoms with Gasteiger partial charge in [-0.05, 0) is 61.1 Å². The lowest BCUT2D eigenvalue weighted by Crippen LogP contribution is -2.39. The molecule has 1 unspecified atom stereocenters. The van der Waals surface area contributed by atoms with Gasteiger partial charge >= 0.3 is 0 Å². The zero-order valence-electron chi connectivity index (χ0n) is 13.9. The summed E-state index contributed by atoms with van der Waals surface area (Å²) in [6.45, 7) is 3.14. The fraction of sp³-hybridized carbons (Fsp3) is 0.316.